The lowest BCUT2D eigenvalue weighted by Crippen LogP contribution is -2.30. The van der Waals surface area contributed by atoms with Crippen molar-refractivity contribution in [2.24, 2.45) is 5.92 Å². The van der Waals surface area contributed by atoms with Crippen molar-refractivity contribution in [3.8, 4) is 5.75 Å². The van der Waals surface area contributed by atoms with Gasteiger partial charge < -0.3 is 15.0 Å². The normalized spacial score (nSPS) is 16.6. The van der Waals surface area contributed by atoms with Gasteiger partial charge in [-0.1, -0.05) is 6.07 Å². The van der Waals surface area contributed by atoms with E-state index in [-0.39, 0.29) is 35.7 Å². The molecule has 0 aromatic heterocycles. The SMILES string of the molecule is COc1ccc(C)cc1N1C[C@H](C(=O)Nc2ccc(S(=O)(=O)NC(C)C)cc2)CC1=O. The first-order valence-electron chi connectivity index (χ1n) is 9.99. The van der Waals surface area contributed by atoms with Crippen molar-refractivity contribution in [2.45, 2.75) is 38.1 Å². The predicted octanol–water partition coefficient (Wildman–Crippen LogP) is 2.68. The maximum atomic E-state index is 12.7. The van der Waals surface area contributed by atoms with E-state index in [1.54, 1.807) is 31.9 Å². The number of hydrogen-bond donors (Lipinski definition) is 2. The molecule has 8 nitrogen and oxygen atoms in total. The zero-order chi connectivity index (χ0) is 22.8. The molecular formula is C22H27N3O5S. The zero-order valence-electron chi connectivity index (χ0n) is 18.0. The largest absolute Gasteiger partial charge is 0.495 e. The lowest BCUT2D eigenvalue weighted by atomic mass is 10.1. The third-order valence-corrected chi connectivity index (χ3v) is 6.62. The van der Waals surface area contributed by atoms with Gasteiger partial charge in [0, 0.05) is 24.7 Å². The Labute approximate surface area is 182 Å². The number of nitrogens with zero attached hydrogens (tertiary/aromatic N) is 1. The molecule has 3 rings (SSSR count). The maximum Gasteiger partial charge on any atom is 0.240 e. The first-order chi connectivity index (χ1) is 14.6. The number of benzene rings is 2. The van der Waals surface area contributed by atoms with Crippen LogP contribution in [0.5, 0.6) is 5.75 Å². The molecule has 0 saturated carbocycles. The molecule has 0 bridgehead atoms. The van der Waals surface area contributed by atoms with Gasteiger partial charge in [0.2, 0.25) is 21.8 Å². The van der Waals surface area contributed by atoms with Gasteiger partial charge in [-0.2, -0.15) is 0 Å². The molecule has 1 atom stereocenters. The Morgan fingerprint density at radius 2 is 1.84 bits per heavy atom. The van der Waals surface area contributed by atoms with Gasteiger partial charge in [-0.25, -0.2) is 13.1 Å². The van der Waals surface area contributed by atoms with Gasteiger partial charge in [0.15, 0.2) is 0 Å². The van der Waals surface area contributed by atoms with Crippen molar-refractivity contribution < 1.29 is 22.7 Å². The Bertz CT molecular complexity index is 1080. The van der Waals surface area contributed by atoms with Crippen molar-refractivity contribution in [1.82, 2.24) is 4.72 Å². The Balaban J connectivity index is 1.69. The van der Waals surface area contributed by atoms with E-state index >= 15 is 0 Å². The van der Waals surface area contributed by atoms with Crippen molar-refractivity contribution in [3.05, 3.63) is 48.0 Å². The Morgan fingerprint density at radius 1 is 1.16 bits per heavy atom. The number of nitrogens with one attached hydrogen (secondary N) is 2. The fraction of sp³-hybridized carbons (Fsp3) is 0.364. The molecule has 1 aliphatic heterocycles. The summed E-state index contributed by atoms with van der Waals surface area (Å²) in [5.74, 6) is -0.390. The summed E-state index contributed by atoms with van der Waals surface area (Å²) in [5, 5.41) is 2.77. The highest BCUT2D eigenvalue weighted by molar-refractivity contribution is 7.89. The van der Waals surface area contributed by atoms with Gasteiger partial charge >= 0.3 is 0 Å². The molecule has 2 aromatic carbocycles. The molecule has 1 fully saturated rings. The molecule has 9 heteroatoms. The van der Waals surface area contributed by atoms with E-state index in [9.17, 15) is 18.0 Å². The molecule has 1 heterocycles. The number of aryl methyl sites for hydroxylation is 1. The van der Waals surface area contributed by atoms with E-state index < -0.39 is 15.9 Å². The second kappa shape index (κ2) is 9.07. The van der Waals surface area contributed by atoms with E-state index in [0.29, 0.717) is 17.1 Å². The fourth-order valence-electron chi connectivity index (χ4n) is 3.47. The number of ether oxygens (including phenoxy) is 1. The summed E-state index contributed by atoms with van der Waals surface area (Å²) < 4.78 is 32.3. The molecule has 2 aromatic rings. The van der Waals surface area contributed by atoms with Gasteiger partial charge in [-0.15, -0.1) is 0 Å². The van der Waals surface area contributed by atoms with Crippen LogP contribution < -0.4 is 19.7 Å². The molecule has 166 valence electrons. The van der Waals surface area contributed by atoms with Gasteiger partial charge in [0.25, 0.3) is 0 Å². The molecule has 1 aliphatic rings. The van der Waals surface area contributed by atoms with E-state index in [1.165, 1.54) is 24.3 Å². The molecule has 0 radical (unpaired) electrons. The number of carbonyl (C=O) groups excluding carboxylic acids is 2. The summed E-state index contributed by atoms with van der Waals surface area (Å²) >= 11 is 0. The van der Waals surface area contributed by atoms with Crippen LogP contribution in [0.4, 0.5) is 11.4 Å². The van der Waals surface area contributed by atoms with Crippen molar-refractivity contribution >= 4 is 33.2 Å². The van der Waals surface area contributed by atoms with Crippen LogP contribution in [-0.4, -0.2) is 39.9 Å². The van der Waals surface area contributed by atoms with Crippen LogP contribution in [0, 0.1) is 12.8 Å². The van der Waals surface area contributed by atoms with Crippen LogP contribution in [0.3, 0.4) is 0 Å². The van der Waals surface area contributed by atoms with Gasteiger partial charge in [0.1, 0.15) is 5.75 Å². The van der Waals surface area contributed by atoms with Crippen molar-refractivity contribution in [2.75, 3.05) is 23.9 Å². The molecule has 0 aliphatic carbocycles. The van der Waals surface area contributed by atoms with Gasteiger partial charge in [0.05, 0.1) is 23.6 Å². The summed E-state index contributed by atoms with van der Waals surface area (Å²) in [6, 6.07) is 11.3. The fourth-order valence-corrected chi connectivity index (χ4v) is 4.72. The zero-order valence-corrected chi connectivity index (χ0v) is 18.8. The van der Waals surface area contributed by atoms with E-state index in [0.717, 1.165) is 5.56 Å². The minimum atomic E-state index is -3.60. The quantitative estimate of drug-likeness (QED) is 0.682. The molecule has 1 saturated heterocycles. The maximum absolute atomic E-state index is 12.7. The topological polar surface area (TPSA) is 105 Å². The minimum absolute atomic E-state index is 0.0910. The summed E-state index contributed by atoms with van der Waals surface area (Å²) in [6.07, 6.45) is 0.0910. The number of rotatable bonds is 7. The molecule has 0 unspecified atom stereocenters. The number of sulfonamides is 1. The summed E-state index contributed by atoms with van der Waals surface area (Å²) in [6.45, 7) is 5.65. The first kappa shape index (κ1) is 22.8. The number of hydrogen-bond acceptors (Lipinski definition) is 5. The van der Waals surface area contributed by atoms with E-state index in [4.69, 9.17) is 4.74 Å². The molecule has 2 amide bonds. The van der Waals surface area contributed by atoms with Crippen LogP contribution >= 0.6 is 0 Å². The third-order valence-electron chi connectivity index (χ3n) is 4.94. The number of anilines is 2. The van der Waals surface area contributed by atoms with Crippen LogP contribution in [0.15, 0.2) is 47.4 Å². The number of amides is 2. The molecular weight excluding hydrogens is 418 g/mol. The van der Waals surface area contributed by atoms with E-state index in [1.807, 2.05) is 19.1 Å². The lowest BCUT2D eigenvalue weighted by Gasteiger charge is -2.20. The van der Waals surface area contributed by atoms with Crippen LogP contribution in [0.25, 0.3) is 0 Å². The van der Waals surface area contributed by atoms with Gasteiger partial charge in [-0.05, 0) is 62.7 Å². The summed E-state index contributed by atoms with van der Waals surface area (Å²) in [7, 11) is -2.06. The number of methoxy groups -OCH3 is 1. The second-order valence-electron chi connectivity index (χ2n) is 7.87. The number of carbonyl (C=O) groups is 2. The Hall–Kier alpha value is -2.91. The first-order valence-corrected chi connectivity index (χ1v) is 11.5. The van der Waals surface area contributed by atoms with Gasteiger partial charge in [-0.3, -0.25) is 9.59 Å². The van der Waals surface area contributed by atoms with Crippen molar-refractivity contribution in [3.63, 3.8) is 0 Å². The summed E-state index contributed by atoms with van der Waals surface area (Å²) in [4.78, 5) is 27.0. The highest BCUT2D eigenvalue weighted by Crippen LogP contribution is 2.34. The molecule has 31 heavy (non-hydrogen) atoms. The minimum Gasteiger partial charge on any atom is -0.495 e. The standard InChI is InChI=1S/C22H27N3O5S/c1-14(2)24-31(28,29)18-8-6-17(7-9-18)23-22(27)16-12-21(26)25(13-16)19-11-15(3)5-10-20(19)30-4/h5-11,14,16,24H,12-13H2,1-4H3,(H,23,27)/t16-/m1/s1. The van der Waals surface area contributed by atoms with E-state index in [2.05, 4.69) is 10.0 Å². The van der Waals surface area contributed by atoms with Crippen molar-refractivity contribution in [1.29, 1.82) is 0 Å². The molecule has 0 spiro atoms. The predicted molar refractivity (Wildman–Crippen MR) is 119 cm³/mol. The third kappa shape index (κ3) is 5.23. The highest BCUT2D eigenvalue weighted by atomic mass is 32.2. The smallest absolute Gasteiger partial charge is 0.240 e. The van der Waals surface area contributed by atoms with Crippen LogP contribution in [-0.2, 0) is 19.6 Å². The highest BCUT2D eigenvalue weighted by Gasteiger charge is 2.36. The monoisotopic (exact) mass is 445 g/mol. The van der Waals surface area contributed by atoms with Crippen LogP contribution in [0.1, 0.15) is 25.8 Å². The summed E-state index contributed by atoms with van der Waals surface area (Å²) in [5.41, 5.74) is 2.10. The Kier molecular flexibility index (Phi) is 6.66. The Morgan fingerprint density at radius 3 is 2.45 bits per heavy atom. The molecule has 2 N–H and O–H groups in total. The lowest BCUT2D eigenvalue weighted by molar-refractivity contribution is -0.122. The average molecular weight is 446 g/mol. The second-order valence-corrected chi connectivity index (χ2v) is 9.58. The van der Waals surface area contributed by atoms with Crippen LogP contribution in [0.2, 0.25) is 0 Å². The average Bonchev–Trinajstić information content (AvgIpc) is 3.09.